The van der Waals surface area contributed by atoms with Crippen LogP contribution in [0.1, 0.15) is 32.8 Å². The van der Waals surface area contributed by atoms with Crippen LogP contribution in [0.15, 0.2) is 82.0 Å². The summed E-state index contributed by atoms with van der Waals surface area (Å²) in [5.41, 5.74) is 4.48. The number of sulfone groups is 1. The summed E-state index contributed by atoms with van der Waals surface area (Å²) in [6.07, 6.45) is 1.80. The molecule has 0 heterocycles. The topological polar surface area (TPSA) is 92.2 Å². The summed E-state index contributed by atoms with van der Waals surface area (Å²) in [6.45, 7) is 16.4. The second-order valence-electron chi connectivity index (χ2n) is 8.63. The fourth-order valence-corrected chi connectivity index (χ4v) is 3.83. The number of nitrogens with zero attached hydrogens (tertiary/aromatic N) is 2. The predicted octanol–water partition coefficient (Wildman–Crippen LogP) is 5.56. The van der Waals surface area contributed by atoms with Crippen molar-refractivity contribution >= 4 is 27.3 Å². The molecule has 0 radical (unpaired) electrons. The highest BCUT2D eigenvalue weighted by Crippen LogP contribution is 2.26. The molecule has 2 aromatic carbocycles. The van der Waals surface area contributed by atoms with Crippen LogP contribution < -0.4 is 10.6 Å². The minimum absolute atomic E-state index is 0.261. The summed E-state index contributed by atoms with van der Waals surface area (Å²) in [4.78, 5) is 9.20. The molecule has 7 nitrogen and oxygen atoms in total. The van der Waals surface area contributed by atoms with E-state index in [1.54, 1.807) is 25.3 Å². The largest absolute Gasteiger partial charge is 0.484 e. The molecule has 0 spiro atoms. The van der Waals surface area contributed by atoms with Gasteiger partial charge in [-0.3, -0.25) is 0 Å². The molecule has 2 aromatic rings. The van der Waals surface area contributed by atoms with Crippen molar-refractivity contribution in [3.05, 3.63) is 72.7 Å². The second kappa shape index (κ2) is 12.4. The number of aryl methyl sites for hydroxylation is 1. The summed E-state index contributed by atoms with van der Waals surface area (Å²) < 4.78 is 29.1. The van der Waals surface area contributed by atoms with Gasteiger partial charge >= 0.3 is 0 Å². The average Bonchev–Trinajstić information content (AvgIpc) is 2.79. The lowest BCUT2D eigenvalue weighted by Gasteiger charge is -2.13. The monoisotopic (exact) mass is 496 g/mol. The Labute approximate surface area is 209 Å². The van der Waals surface area contributed by atoms with E-state index in [2.05, 4.69) is 33.8 Å². The summed E-state index contributed by atoms with van der Waals surface area (Å²) in [5.74, 6) is 2.09. The molecule has 0 aliphatic rings. The Bertz CT molecular complexity index is 1240. The molecule has 0 saturated carbocycles. The van der Waals surface area contributed by atoms with Gasteiger partial charge in [-0.1, -0.05) is 45.2 Å². The van der Waals surface area contributed by atoms with Crippen LogP contribution in [0.25, 0.3) is 11.1 Å². The van der Waals surface area contributed by atoms with E-state index in [1.807, 2.05) is 52.0 Å². The summed E-state index contributed by atoms with van der Waals surface area (Å²) >= 11 is 0. The highest BCUT2D eigenvalue weighted by atomic mass is 32.2. The number of benzene rings is 2. The smallest absolute Gasteiger partial charge is 0.189 e. The fraction of sp³-hybridized carbons (Fsp3) is 0.333. The second-order valence-corrected chi connectivity index (χ2v) is 10.6. The van der Waals surface area contributed by atoms with Crippen LogP contribution >= 0.6 is 0 Å². The molecule has 0 aliphatic carbocycles. The number of hydrogen-bond acceptors (Lipinski definition) is 6. The van der Waals surface area contributed by atoms with Gasteiger partial charge in [0.2, 0.25) is 0 Å². The van der Waals surface area contributed by atoms with Crippen LogP contribution in [-0.2, 0) is 14.6 Å². The van der Waals surface area contributed by atoms with E-state index in [-0.39, 0.29) is 5.92 Å². The number of ether oxygens (including phenoxy) is 1. The van der Waals surface area contributed by atoms with Crippen molar-refractivity contribution in [1.29, 1.82) is 0 Å². The summed E-state index contributed by atoms with van der Waals surface area (Å²) in [6, 6.07) is 12.9. The lowest BCUT2D eigenvalue weighted by molar-refractivity contribution is 0.388. The van der Waals surface area contributed by atoms with E-state index in [0.717, 1.165) is 28.1 Å². The van der Waals surface area contributed by atoms with Gasteiger partial charge in [0.1, 0.15) is 11.7 Å². The lowest BCUT2D eigenvalue weighted by Crippen LogP contribution is -2.19. The molecule has 2 N–H and O–H groups in total. The first kappa shape index (κ1) is 27.9. The minimum Gasteiger partial charge on any atom is -0.484 e. The van der Waals surface area contributed by atoms with Crippen LogP contribution in [0.5, 0.6) is 0 Å². The van der Waals surface area contributed by atoms with Gasteiger partial charge in [-0.2, -0.15) is 0 Å². The zero-order valence-corrected chi connectivity index (χ0v) is 22.3. The zero-order valence-electron chi connectivity index (χ0n) is 21.5. The highest BCUT2D eigenvalue weighted by Gasteiger charge is 2.10. The van der Waals surface area contributed by atoms with Crippen molar-refractivity contribution in [2.75, 3.05) is 25.2 Å². The number of methoxy groups -OCH3 is 1. The molecule has 0 unspecified atom stereocenters. The van der Waals surface area contributed by atoms with Crippen molar-refractivity contribution in [2.45, 2.75) is 39.0 Å². The minimum atomic E-state index is -3.26. The number of rotatable bonds is 10. The van der Waals surface area contributed by atoms with Gasteiger partial charge in [0.25, 0.3) is 0 Å². The van der Waals surface area contributed by atoms with Crippen LogP contribution in [-0.4, -0.2) is 40.1 Å². The third-order valence-corrected chi connectivity index (χ3v) is 6.39. The summed E-state index contributed by atoms with van der Waals surface area (Å²) in [7, 11) is -1.66. The van der Waals surface area contributed by atoms with Gasteiger partial charge in [0.05, 0.1) is 12.0 Å². The van der Waals surface area contributed by atoms with E-state index < -0.39 is 9.84 Å². The Morgan fingerprint density at radius 2 is 1.77 bits per heavy atom. The molecule has 0 aliphatic heterocycles. The molecule has 0 fully saturated rings. The summed E-state index contributed by atoms with van der Waals surface area (Å²) in [5, 5.41) is 6.47. The van der Waals surface area contributed by atoms with E-state index >= 15 is 0 Å². The molecule has 0 bridgehead atoms. The van der Waals surface area contributed by atoms with Crippen LogP contribution in [0, 0.1) is 12.8 Å². The molecule has 2 rings (SSSR count). The predicted molar refractivity (Wildman–Crippen MR) is 147 cm³/mol. The number of aliphatic imine (C=N–C) groups is 2. The molecule has 8 heteroatoms. The van der Waals surface area contributed by atoms with Crippen LogP contribution in [0.2, 0.25) is 0 Å². The Hall–Kier alpha value is -3.39. The molecule has 35 heavy (non-hydrogen) atoms. The lowest BCUT2D eigenvalue weighted by atomic mass is 10.0. The molecular weight excluding hydrogens is 460 g/mol. The van der Waals surface area contributed by atoms with Crippen LogP contribution in [0.4, 0.5) is 5.69 Å². The Morgan fingerprint density at radius 1 is 1.09 bits per heavy atom. The van der Waals surface area contributed by atoms with E-state index in [1.165, 1.54) is 6.26 Å². The maximum Gasteiger partial charge on any atom is 0.189 e. The number of nitrogens with one attached hydrogen (secondary N) is 2. The van der Waals surface area contributed by atoms with Gasteiger partial charge in [-0.15, -0.1) is 0 Å². The van der Waals surface area contributed by atoms with Gasteiger partial charge in [-0.05, 0) is 60.7 Å². The van der Waals surface area contributed by atoms with E-state index in [4.69, 9.17) is 4.74 Å². The zero-order chi connectivity index (χ0) is 26.2. The average molecular weight is 497 g/mol. The van der Waals surface area contributed by atoms with Gasteiger partial charge in [-0.25, -0.2) is 18.4 Å². The highest BCUT2D eigenvalue weighted by molar-refractivity contribution is 7.90. The third kappa shape index (κ3) is 8.72. The number of amidine groups is 1. The van der Waals surface area contributed by atoms with Crippen LogP contribution in [0.3, 0.4) is 0 Å². The first-order chi connectivity index (χ1) is 16.4. The fourth-order valence-electron chi connectivity index (χ4n) is 3.16. The van der Waals surface area contributed by atoms with E-state index in [9.17, 15) is 8.42 Å². The standard InChI is InChI=1S/C27H36N4O3S/c1-18(2)20(4)29-27(34-7)14-15-28-21(5)30-22(6)31-26-13-12-24(16-19(26)3)23-10-9-11-25(17-23)35(8,32)33/h9-13,16-18,28H,4-5,14-15H2,1-3,6-8H3,(H,30,31). The van der Waals surface area contributed by atoms with Crippen molar-refractivity contribution < 1.29 is 13.2 Å². The maximum atomic E-state index is 11.9. The Balaban J connectivity index is 2.01. The molecule has 0 atom stereocenters. The van der Waals surface area contributed by atoms with Gasteiger partial charge < -0.3 is 15.4 Å². The first-order valence-corrected chi connectivity index (χ1v) is 13.3. The Kier molecular flexibility index (Phi) is 9.83. The van der Waals surface area contributed by atoms with Crippen molar-refractivity contribution in [3.8, 4) is 11.1 Å². The Morgan fingerprint density at radius 3 is 2.37 bits per heavy atom. The molecular formula is C27H36N4O3S. The van der Waals surface area contributed by atoms with E-state index in [0.29, 0.717) is 35.4 Å². The van der Waals surface area contributed by atoms with Crippen molar-refractivity contribution in [1.82, 2.24) is 5.32 Å². The number of hydrogen-bond donors (Lipinski definition) is 2. The quantitative estimate of drug-likeness (QED) is 0.332. The molecule has 188 valence electrons. The van der Waals surface area contributed by atoms with Gasteiger partial charge in [0, 0.05) is 30.6 Å². The molecule has 0 aromatic heterocycles. The number of allylic oxidation sites excluding steroid dienone is 1. The normalized spacial score (nSPS) is 12.4. The third-order valence-electron chi connectivity index (χ3n) is 5.28. The first-order valence-electron chi connectivity index (χ1n) is 11.4. The number of anilines is 1. The van der Waals surface area contributed by atoms with Gasteiger partial charge in [0.15, 0.2) is 15.7 Å². The maximum absolute atomic E-state index is 11.9. The molecule has 0 saturated heterocycles. The van der Waals surface area contributed by atoms with Crippen molar-refractivity contribution in [2.24, 2.45) is 15.9 Å². The van der Waals surface area contributed by atoms with Crippen molar-refractivity contribution in [3.63, 3.8) is 0 Å². The SMILES string of the molecule is C=C(/N=C(/C)Nc1ccc(-c2cccc(S(C)(=O)=O)c2)cc1C)NCCC(=NC(=C)C(C)C)OC. The molecule has 0 amide bonds.